The van der Waals surface area contributed by atoms with Crippen LogP contribution in [0, 0.1) is 0 Å². The van der Waals surface area contributed by atoms with Gasteiger partial charge in [-0.05, 0) is 62.6 Å². The smallest absolute Gasteiger partial charge is 0.243 e. The van der Waals surface area contributed by atoms with Crippen molar-refractivity contribution in [3.05, 3.63) is 59.7 Å². The van der Waals surface area contributed by atoms with Gasteiger partial charge in [0.15, 0.2) is 0 Å². The van der Waals surface area contributed by atoms with Crippen LogP contribution >= 0.6 is 0 Å². The summed E-state index contributed by atoms with van der Waals surface area (Å²) in [4.78, 5) is 28.1. The number of hydrogen-bond donors (Lipinski definition) is 1. The second-order valence-electron chi connectivity index (χ2n) is 8.56. The molecular formula is C25H34N2O4. The van der Waals surface area contributed by atoms with Crippen molar-refractivity contribution in [2.24, 2.45) is 0 Å². The molecule has 2 rings (SSSR count). The Hall–Kier alpha value is -3.02. The van der Waals surface area contributed by atoms with Gasteiger partial charge < -0.3 is 19.7 Å². The molecule has 2 aromatic rings. The predicted octanol–water partition coefficient (Wildman–Crippen LogP) is 3.97. The first kappa shape index (κ1) is 24.3. The molecule has 2 aromatic carbocycles. The predicted molar refractivity (Wildman–Crippen MR) is 122 cm³/mol. The maximum atomic E-state index is 13.4. The minimum Gasteiger partial charge on any atom is -0.497 e. The molecule has 1 atom stereocenters. The van der Waals surface area contributed by atoms with Crippen LogP contribution in [0.3, 0.4) is 0 Å². The Kier molecular flexibility index (Phi) is 8.48. The number of carbonyl (C=O) groups excluding carboxylic acids is 2. The third-order valence-electron chi connectivity index (χ3n) is 4.89. The number of rotatable bonds is 9. The van der Waals surface area contributed by atoms with Gasteiger partial charge >= 0.3 is 0 Å². The number of hydrogen-bond acceptors (Lipinski definition) is 4. The quantitative estimate of drug-likeness (QED) is 0.659. The molecule has 0 fully saturated rings. The molecule has 0 heterocycles. The van der Waals surface area contributed by atoms with E-state index in [9.17, 15) is 9.59 Å². The normalized spacial score (nSPS) is 12.1. The van der Waals surface area contributed by atoms with Crippen LogP contribution in [0.5, 0.6) is 11.5 Å². The molecule has 0 unspecified atom stereocenters. The molecule has 0 bridgehead atoms. The van der Waals surface area contributed by atoms with E-state index in [1.165, 1.54) is 0 Å². The number of ether oxygens (including phenoxy) is 2. The van der Waals surface area contributed by atoms with Crippen molar-refractivity contribution in [2.75, 3.05) is 14.2 Å². The second kappa shape index (κ2) is 10.8. The average molecular weight is 427 g/mol. The topological polar surface area (TPSA) is 67.9 Å². The molecule has 0 radical (unpaired) electrons. The van der Waals surface area contributed by atoms with E-state index < -0.39 is 6.04 Å². The zero-order valence-corrected chi connectivity index (χ0v) is 19.4. The maximum Gasteiger partial charge on any atom is 0.243 e. The van der Waals surface area contributed by atoms with E-state index in [0.29, 0.717) is 18.7 Å². The Morgan fingerprint density at radius 3 is 2.16 bits per heavy atom. The molecule has 0 aromatic heterocycles. The molecule has 168 valence electrons. The SMILES string of the molecule is CC[C@H](C(=O)NC(C)(C)C)N(Cc1cccc(OC)c1)C(=O)Cc1ccc(OC)cc1. The highest BCUT2D eigenvalue weighted by Crippen LogP contribution is 2.19. The summed E-state index contributed by atoms with van der Waals surface area (Å²) < 4.78 is 10.5. The third kappa shape index (κ3) is 7.31. The van der Waals surface area contributed by atoms with Crippen LogP contribution in [0.4, 0.5) is 0 Å². The number of amides is 2. The monoisotopic (exact) mass is 426 g/mol. The first-order chi connectivity index (χ1) is 14.7. The van der Waals surface area contributed by atoms with E-state index in [2.05, 4.69) is 5.32 Å². The zero-order chi connectivity index (χ0) is 23.0. The Bertz CT molecular complexity index is 872. The lowest BCUT2D eigenvalue weighted by atomic mass is 10.0. The fraction of sp³-hybridized carbons (Fsp3) is 0.440. The van der Waals surface area contributed by atoms with Gasteiger partial charge in [-0.3, -0.25) is 9.59 Å². The van der Waals surface area contributed by atoms with E-state index in [1.807, 2.05) is 76.2 Å². The molecule has 6 nitrogen and oxygen atoms in total. The van der Waals surface area contributed by atoms with Crippen molar-refractivity contribution in [1.82, 2.24) is 10.2 Å². The van der Waals surface area contributed by atoms with Gasteiger partial charge in [0.05, 0.1) is 20.6 Å². The van der Waals surface area contributed by atoms with Crippen molar-refractivity contribution in [1.29, 1.82) is 0 Å². The lowest BCUT2D eigenvalue weighted by molar-refractivity contribution is -0.141. The Morgan fingerprint density at radius 2 is 1.61 bits per heavy atom. The zero-order valence-electron chi connectivity index (χ0n) is 19.4. The van der Waals surface area contributed by atoms with Crippen molar-refractivity contribution in [3.63, 3.8) is 0 Å². The molecule has 31 heavy (non-hydrogen) atoms. The fourth-order valence-electron chi connectivity index (χ4n) is 3.36. The summed E-state index contributed by atoms with van der Waals surface area (Å²) in [5.41, 5.74) is 1.39. The molecular weight excluding hydrogens is 392 g/mol. The van der Waals surface area contributed by atoms with Crippen LogP contribution in [0.15, 0.2) is 48.5 Å². The third-order valence-corrected chi connectivity index (χ3v) is 4.89. The van der Waals surface area contributed by atoms with Gasteiger partial charge in [0.1, 0.15) is 17.5 Å². The molecule has 0 spiro atoms. The molecule has 0 saturated heterocycles. The lowest BCUT2D eigenvalue weighted by Gasteiger charge is -2.33. The highest BCUT2D eigenvalue weighted by molar-refractivity contribution is 5.88. The van der Waals surface area contributed by atoms with E-state index in [1.54, 1.807) is 19.1 Å². The van der Waals surface area contributed by atoms with Crippen LogP contribution in [0.2, 0.25) is 0 Å². The fourth-order valence-corrected chi connectivity index (χ4v) is 3.36. The van der Waals surface area contributed by atoms with E-state index in [0.717, 1.165) is 16.9 Å². The highest BCUT2D eigenvalue weighted by atomic mass is 16.5. The van der Waals surface area contributed by atoms with Crippen molar-refractivity contribution < 1.29 is 19.1 Å². The number of benzene rings is 2. The highest BCUT2D eigenvalue weighted by Gasteiger charge is 2.30. The van der Waals surface area contributed by atoms with Gasteiger partial charge in [0.25, 0.3) is 0 Å². The molecule has 2 amide bonds. The minimum atomic E-state index is -0.573. The Labute approximate surface area is 185 Å². The average Bonchev–Trinajstić information content (AvgIpc) is 2.73. The van der Waals surface area contributed by atoms with Crippen molar-refractivity contribution >= 4 is 11.8 Å². The van der Waals surface area contributed by atoms with Crippen molar-refractivity contribution in [2.45, 2.75) is 58.7 Å². The maximum absolute atomic E-state index is 13.4. The van der Waals surface area contributed by atoms with Gasteiger partial charge in [-0.25, -0.2) is 0 Å². The number of nitrogens with one attached hydrogen (secondary N) is 1. The number of carbonyl (C=O) groups is 2. The largest absolute Gasteiger partial charge is 0.497 e. The molecule has 6 heteroatoms. The number of methoxy groups -OCH3 is 2. The van der Waals surface area contributed by atoms with Gasteiger partial charge in [-0.1, -0.05) is 31.2 Å². The second-order valence-corrected chi connectivity index (χ2v) is 8.56. The molecule has 0 aliphatic rings. The van der Waals surface area contributed by atoms with Crippen LogP contribution in [-0.4, -0.2) is 42.5 Å². The summed E-state index contributed by atoms with van der Waals surface area (Å²) in [6.45, 7) is 8.05. The summed E-state index contributed by atoms with van der Waals surface area (Å²) in [5, 5.41) is 3.02. The van der Waals surface area contributed by atoms with E-state index in [4.69, 9.17) is 9.47 Å². The van der Waals surface area contributed by atoms with Crippen LogP contribution in [0.1, 0.15) is 45.2 Å². The molecule has 0 saturated carbocycles. The Morgan fingerprint density at radius 1 is 0.968 bits per heavy atom. The van der Waals surface area contributed by atoms with Crippen LogP contribution in [-0.2, 0) is 22.6 Å². The lowest BCUT2D eigenvalue weighted by Crippen LogP contribution is -2.53. The number of nitrogens with zero attached hydrogens (tertiary/aromatic N) is 1. The minimum absolute atomic E-state index is 0.108. The van der Waals surface area contributed by atoms with Gasteiger partial charge in [0.2, 0.25) is 11.8 Å². The van der Waals surface area contributed by atoms with Gasteiger partial charge in [-0.2, -0.15) is 0 Å². The van der Waals surface area contributed by atoms with Gasteiger partial charge in [-0.15, -0.1) is 0 Å². The first-order valence-corrected chi connectivity index (χ1v) is 10.5. The Balaban J connectivity index is 2.31. The molecule has 0 aliphatic heterocycles. The molecule has 1 N–H and O–H groups in total. The van der Waals surface area contributed by atoms with Gasteiger partial charge in [0, 0.05) is 12.1 Å². The van der Waals surface area contributed by atoms with E-state index in [-0.39, 0.29) is 23.8 Å². The van der Waals surface area contributed by atoms with Crippen LogP contribution in [0.25, 0.3) is 0 Å². The first-order valence-electron chi connectivity index (χ1n) is 10.5. The standard InChI is InChI=1S/C25H34N2O4/c1-7-22(24(29)26-25(2,3)4)27(17-19-9-8-10-21(15-19)31-6)23(28)16-18-11-13-20(30-5)14-12-18/h8-15,22H,7,16-17H2,1-6H3,(H,26,29)/t22-/m1/s1. The van der Waals surface area contributed by atoms with E-state index >= 15 is 0 Å². The van der Waals surface area contributed by atoms with Crippen molar-refractivity contribution in [3.8, 4) is 11.5 Å². The van der Waals surface area contributed by atoms with Crippen LogP contribution < -0.4 is 14.8 Å². The summed E-state index contributed by atoms with van der Waals surface area (Å²) in [6, 6.07) is 14.4. The summed E-state index contributed by atoms with van der Waals surface area (Å²) >= 11 is 0. The summed E-state index contributed by atoms with van der Waals surface area (Å²) in [7, 11) is 3.22. The summed E-state index contributed by atoms with van der Waals surface area (Å²) in [6.07, 6.45) is 0.716. The summed E-state index contributed by atoms with van der Waals surface area (Å²) in [5.74, 6) is 1.19. The molecule has 0 aliphatic carbocycles.